The van der Waals surface area contributed by atoms with E-state index in [1.807, 2.05) is 0 Å². The summed E-state index contributed by atoms with van der Waals surface area (Å²) >= 11 is 7.28. The van der Waals surface area contributed by atoms with Crippen LogP contribution in [0, 0.1) is 0 Å². The summed E-state index contributed by atoms with van der Waals surface area (Å²) in [5.41, 5.74) is 2.27. The molecule has 0 saturated heterocycles. The number of carboxylic acid groups (broad SMARTS) is 1. The van der Waals surface area contributed by atoms with Gasteiger partial charge in [0.15, 0.2) is 0 Å². The Morgan fingerprint density at radius 3 is 1.98 bits per heavy atom. The van der Waals surface area contributed by atoms with Crippen LogP contribution in [0.1, 0.15) is 26.3 Å². The van der Waals surface area contributed by atoms with Gasteiger partial charge in [-0.05, 0) is 84.4 Å². The highest BCUT2D eigenvalue weighted by Gasteiger charge is 2.15. The van der Waals surface area contributed by atoms with Crippen LogP contribution in [0.3, 0.4) is 0 Å². The van der Waals surface area contributed by atoms with Crippen LogP contribution in [0.25, 0.3) is 6.08 Å². The highest BCUT2D eigenvalue weighted by molar-refractivity contribution is 8.00. The van der Waals surface area contributed by atoms with Crippen molar-refractivity contribution in [3.05, 3.63) is 131 Å². The molecule has 0 saturated carbocycles. The topological polar surface area (TPSA) is 125 Å². The molecule has 0 aliphatic rings. The molecule has 8 nitrogen and oxygen atoms in total. The van der Waals surface area contributed by atoms with Crippen molar-refractivity contribution in [1.82, 2.24) is 5.32 Å². The van der Waals surface area contributed by atoms with Crippen molar-refractivity contribution in [3.8, 4) is 0 Å². The number of halogens is 1. The van der Waals surface area contributed by atoms with E-state index in [-0.39, 0.29) is 22.9 Å². The number of carbonyl (C=O) groups is 4. The van der Waals surface area contributed by atoms with Crippen LogP contribution >= 0.6 is 23.4 Å². The van der Waals surface area contributed by atoms with E-state index in [2.05, 4.69) is 16.0 Å². The van der Waals surface area contributed by atoms with Crippen LogP contribution in [0.4, 0.5) is 11.4 Å². The summed E-state index contributed by atoms with van der Waals surface area (Å²) in [6.07, 6.45) is 1.56. The van der Waals surface area contributed by atoms with Crippen LogP contribution in [-0.2, 0) is 9.59 Å². The SMILES string of the molecule is O=C(CSc1ccc(NC(=O)/C(=C/c2ccc(Cl)cc2)NC(=O)c2ccccc2)cc1)Nc1ccc(C(=O)O)cc1. The third kappa shape index (κ3) is 8.82. The van der Waals surface area contributed by atoms with Crippen LogP contribution in [-0.4, -0.2) is 34.6 Å². The lowest BCUT2D eigenvalue weighted by molar-refractivity contribution is -0.114. The smallest absolute Gasteiger partial charge is 0.335 e. The van der Waals surface area contributed by atoms with Crippen molar-refractivity contribution < 1.29 is 24.3 Å². The molecule has 0 aromatic heterocycles. The van der Waals surface area contributed by atoms with Gasteiger partial charge in [0.1, 0.15) is 5.70 Å². The minimum Gasteiger partial charge on any atom is -0.478 e. The Kier molecular flexibility index (Phi) is 9.93. The second kappa shape index (κ2) is 14.0. The number of benzene rings is 4. The third-order valence-corrected chi connectivity index (χ3v) is 6.87. The Morgan fingerprint density at radius 1 is 0.732 bits per heavy atom. The second-order valence-electron chi connectivity index (χ2n) is 8.63. The highest BCUT2D eigenvalue weighted by atomic mass is 35.5. The largest absolute Gasteiger partial charge is 0.478 e. The maximum atomic E-state index is 13.2. The molecule has 0 heterocycles. The van der Waals surface area contributed by atoms with Crippen LogP contribution in [0.2, 0.25) is 5.02 Å². The van der Waals surface area contributed by atoms with Gasteiger partial charge in [0.2, 0.25) is 5.91 Å². The monoisotopic (exact) mass is 585 g/mol. The molecule has 0 aliphatic heterocycles. The molecule has 10 heteroatoms. The maximum absolute atomic E-state index is 13.2. The third-order valence-electron chi connectivity index (χ3n) is 5.61. The fraction of sp³-hybridized carbons (Fsp3) is 0.0323. The lowest BCUT2D eigenvalue weighted by atomic mass is 10.1. The van der Waals surface area contributed by atoms with Gasteiger partial charge in [0.25, 0.3) is 11.8 Å². The van der Waals surface area contributed by atoms with E-state index < -0.39 is 17.8 Å². The molecule has 3 amide bonds. The number of nitrogens with one attached hydrogen (secondary N) is 3. The molecule has 0 bridgehead atoms. The van der Waals surface area contributed by atoms with Crippen LogP contribution in [0.5, 0.6) is 0 Å². The summed E-state index contributed by atoms with van der Waals surface area (Å²) in [7, 11) is 0. The van der Waals surface area contributed by atoms with Gasteiger partial charge in [-0.2, -0.15) is 0 Å². The molecule has 4 aromatic carbocycles. The van der Waals surface area contributed by atoms with Gasteiger partial charge in [0.05, 0.1) is 11.3 Å². The van der Waals surface area contributed by atoms with Crippen LogP contribution in [0.15, 0.2) is 114 Å². The van der Waals surface area contributed by atoms with Gasteiger partial charge in [-0.15, -0.1) is 11.8 Å². The molecule has 4 N–H and O–H groups in total. The van der Waals surface area contributed by atoms with Gasteiger partial charge in [-0.25, -0.2) is 4.79 Å². The zero-order valence-electron chi connectivity index (χ0n) is 21.5. The molecule has 4 rings (SSSR count). The van der Waals surface area contributed by atoms with Gasteiger partial charge in [-0.1, -0.05) is 41.9 Å². The second-order valence-corrected chi connectivity index (χ2v) is 10.1. The highest BCUT2D eigenvalue weighted by Crippen LogP contribution is 2.22. The molecule has 0 radical (unpaired) electrons. The summed E-state index contributed by atoms with van der Waals surface area (Å²) in [6.45, 7) is 0. The zero-order valence-corrected chi connectivity index (χ0v) is 23.0. The lowest BCUT2D eigenvalue weighted by Crippen LogP contribution is -2.30. The standard InChI is InChI=1S/C31H24ClN3O5S/c32-23-10-6-20(7-11-23)18-27(35-29(37)21-4-2-1-3-5-21)30(38)34-25-14-16-26(17-15-25)41-19-28(36)33-24-12-8-22(9-13-24)31(39)40/h1-18H,19H2,(H,33,36)(H,34,38)(H,35,37)(H,39,40)/b27-18-. The zero-order chi connectivity index (χ0) is 29.2. The number of hydrogen-bond donors (Lipinski definition) is 4. The van der Waals surface area contributed by atoms with Gasteiger partial charge in [-0.3, -0.25) is 14.4 Å². The normalized spacial score (nSPS) is 10.9. The summed E-state index contributed by atoms with van der Waals surface area (Å²) in [5, 5.41) is 17.7. The summed E-state index contributed by atoms with van der Waals surface area (Å²) in [4.78, 5) is 50.0. The number of carboxylic acids is 1. The first-order chi connectivity index (χ1) is 19.8. The summed E-state index contributed by atoms with van der Waals surface area (Å²) in [5.74, 6) is -2.10. The Labute approximate surface area is 245 Å². The van der Waals surface area contributed by atoms with Crippen molar-refractivity contribution in [2.75, 3.05) is 16.4 Å². The molecule has 206 valence electrons. The fourth-order valence-electron chi connectivity index (χ4n) is 3.54. The number of rotatable bonds is 10. The van der Waals surface area contributed by atoms with Crippen LogP contribution < -0.4 is 16.0 Å². The van der Waals surface area contributed by atoms with E-state index in [0.717, 1.165) is 4.90 Å². The summed E-state index contributed by atoms with van der Waals surface area (Å²) in [6, 6.07) is 28.2. The van der Waals surface area contributed by atoms with Crippen molar-refractivity contribution in [2.45, 2.75) is 4.90 Å². The quantitative estimate of drug-likeness (QED) is 0.130. The Balaban J connectivity index is 1.37. The number of aromatic carboxylic acids is 1. The number of anilines is 2. The van der Waals surface area contributed by atoms with Crippen molar-refractivity contribution in [2.24, 2.45) is 0 Å². The first-order valence-electron chi connectivity index (χ1n) is 12.3. The van der Waals surface area contributed by atoms with Crippen molar-refractivity contribution >= 4 is 64.5 Å². The van der Waals surface area contributed by atoms with Gasteiger partial charge in [0, 0.05) is 26.9 Å². The Hall–Kier alpha value is -4.86. The molecule has 0 fully saturated rings. The summed E-state index contributed by atoms with van der Waals surface area (Å²) < 4.78 is 0. The number of carbonyl (C=O) groups excluding carboxylic acids is 3. The van der Waals surface area contributed by atoms with E-state index in [1.54, 1.807) is 84.9 Å². The predicted molar refractivity (Wildman–Crippen MR) is 161 cm³/mol. The Bertz CT molecular complexity index is 1570. The van der Waals surface area contributed by atoms with E-state index in [4.69, 9.17) is 16.7 Å². The lowest BCUT2D eigenvalue weighted by Gasteiger charge is -2.12. The van der Waals surface area contributed by atoms with E-state index >= 15 is 0 Å². The number of hydrogen-bond acceptors (Lipinski definition) is 5. The molecule has 0 spiro atoms. The number of amides is 3. The average Bonchev–Trinajstić information content (AvgIpc) is 2.98. The minimum atomic E-state index is -1.04. The molecule has 4 aromatic rings. The van der Waals surface area contributed by atoms with E-state index in [9.17, 15) is 19.2 Å². The minimum absolute atomic E-state index is 0.0488. The first kappa shape index (κ1) is 29.1. The molecule has 0 atom stereocenters. The maximum Gasteiger partial charge on any atom is 0.335 e. The first-order valence-corrected chi connectivity index (χ1v) is 13.6. The molecular weight excluding hydrogens is 562 g/mol. The molecule has 0 unspecified atom stereocenters. The number of thioether (sulfide) groups is 1. The van der Waals surface area contributed by atoms with Crippen molar-refractivity contribution in [3.63, 3.8) is 0 Å². The van der Waals surface area contributed by atoms with Gasteiger partial charge >= 0.3 is 5.97 Å². The van der Waals surface area contributed by atoms with E-state index in [0.29, 0.717) is 27.5 Å². The van der Waals surface area contributed by atoms with E-state index in [1.165, 1.54) is 36.0 Å². The molecular formula is C31H24ClN3O5S. The predicted octanol–water partition coefficient (Wildman–Crippen LogP) is 6.18. The molecule has 41 heavy (non-hydrogen) atoms. The fourth-order valence-corrected chi connectivity index (χ4v) is 4.37. The van der Waals surface area contributed by atoms with Crippen molar-refractivity contribution in [1.29, 1.82) is 0 Å². The molecule has 0 aliphatic carbocycles. The average molecular weight is 586 g/mol. The van der Waals surface area contributed by atoms with Gasteiger partial charge < -0.3 is 21.1 Å². The Morgan fingerprint density at radius 2 is 1.34 bits per heavy atom.